The number of rotatable bonds is 7. The van der Waals surface area contributed by atoms with Gasteiger partial charge in [-0.05, 0) is 36.2 Å². The molecule has 5 heteroatoms. The molecular formula is C18H19NO4. The highest BCUT2D eigenvalue weighted by molar-refractivity contribution is 5.81. The van der Waals surface area contributed by atoms with E-state index in [4.69, 9.17) is 14.6 Å². The van der Waals surface area contributed by atoms with Crippen molar-refractivity contribution in [3.63, 3.8) is 0 Å². The van der Waals surface area contributed by atoms with Crippen LogP contribution in [0.5, 0.6) is 11.5 Å². The second-order valence-corrected chi connectivity index (χ2v) is 4.96. The number of methoxy groups -OCH3 is 1. The molecule has 2 aromatic carbocycles. The van der Waals surface area contributed by atoms with Gasteiger partial charge in [-0.1, -0.05) is 30.3 Å². The zero-order chi connectivity index (χ0) is 16.7. The smallest absolute Gasteiger partial charge is 0.344 e. The first-order valence-corrected chi connectivity index (χ1v) is 7.21. The average molecular weight is 313 g/mol. The Hall–Kier alpha value is -2.82. The van der Waals surface area contributed by atoms with E-state index in [1.807, 2.05) is 30.3 Å². The fraction of sp³-hybridized carbons (Fsp3) is 0.222. The van der Waals surface area contributed by atoms with E-state index in [1.54, 1.807) is 24.4 Å². The van der Waals surface area contributed by atoms with Crippen LogP contribution >= 0.6 is 0 Å². The van der Waals surface area contributed by atoms with Crippen LogP contribution in [0, 0.1) is 0 Å². The molecule has 0 unspecified atom stereocenters. The van der Waals surface area contributed by atoms with Crippen molar-refractivity contribution >= 4 is 12.2 Å². The van der Waals surface area contributed by atoms with Crippen molar-refractivity contribution in [3.05, 3.63) is 59.7 Å². The molecule has 0 aliphatic carbocycles. The minimum Gasteiger partial charge on any atom is -0.493 e. The number of benzene rings is 2. The molecule has 120 valence electrons. The Balaban J connectivity index is 2.07. The van der Waals surface area contributed by atoms with Crippen molar-refractivity contribution < 1.29 is 19.4 Å². The van der Waals surface area contributed by atoms with Gasteiger partial charge >= 0.3 is 5.97 Å². The van der Waals surface area contributed by atoms with E-state index in [2.05, 4.69) is 4.99 Å². The van der Waals surface area contributed by atoms with E-state index in [9.17, 15) is 4.79 Å². The van der Waals surface area contributed by atoms with Gasteiger partial charge in [-0.2, -0.15) is 0 Å². The Labute approximate surface area is 135 Å². The molecule has 0 saturated carbocycles. The molecule has 0 saturated heterocycles. The predicted octanol–water partition coefficient (Wildman–Crippen LogP) is 3.17. The molecule has 2 aromatic rings. The van der Waals surface area contributed by atoms with Crippen LogP contribution in [0.3, 0.4) is 0 Å². The SMILES string of the molecule is COc1cc(C=NCc2ccccc2)ccc1O[C@H](C)C(=O)O. The summed E-state index contributed by atoms with van der Waals surface area (Å²) in [6, 6.07) is 15.2. The van der Waals surface area contributed by atoms with Gasteiger partial charge in [-0.3, -0.25) is 4.99 Å². The number of carboxylic acid groups (broad SMARTS) is 1. The first kappa shape index (κ1) is 16.5. The summed E-state index contributed by atoms with van der Waals surface area (Å²) in [6.07, 6.45) is 0.807. The van der Waals surface area contributed by atoms with Crippen molar-refractivity contribution in [2.75, 3.05) is 7.11 Å². The Morgan fingerprint density at radius 1 is 1.22 bits per heavy atom. The number of hydrogen-bond donors (Lipinski definition) is 1. The molecule has 0 heterocycles. The molecule has 0 aliphatic heterocycles. The van der Waals surface area contributed by atoms with E-state index >= 15 is 0 Å². The van der Waals surface area contributed by atoms with Gasteiger partial charge in [0, 0.05) is 6.21 Å². The number of hydrogen-bond acceptors (Lipinski definition) is 4. The lowest BCUT2D eigenvalue weighted by molar-refractivity contribution is -0.144. The number of nitrogens with zero attached hydrogens (tertiary/aromatic N) is 1. The van der Waals surface area contributed by atoms with Crippen LogP contribution in [0.15, 0.2) is 53.5 Å². The lowest BCUT2D eigenvalue weighted by Crippen LogP contribution is -2.23. The number of carboxylic acids is 1. The maximum atomic E-state index is 10.9. The van der Waals surface area contributed by atoms with E-state index < -0.39 is 12.1 Å². The Morgan fingerprint density at radius 2 is 1.96 bits per heavy atom. The third-order valence-electron chi connectivity index (χ3n) is 3.20. The molecule has 2 rings (SSSR count). The van der Waals surface area contributed by atoms with Gasteiger partial charge in [0.05, 0.1) is 13.7 Å². The average Bonchev–Trinajstić information content (AvgIpc) is 2.56. The fourth-order valence-electron chi connectivity index (χ4n) is 1.94. The number of carbonyl (C=O) groups is 1. The number of ether oxygens (including phenoxy) is 2. The fourth-order valence-corrected chi connectivity index (χ4v) is 1.94. The zero-order valence-corrected chi connectivity index (χ0v) is 13.1. The summed E-state index contributed by atoms with van der Waals surface area (Å²) in [5, 5.41) is 8.90. The van der Waals surface area contributed by atoms with Crippen LogP contribution in [0.1, 0.15) is 18.1 Å². The molecular weight excluding hydrogens is 294 g/mol. The quantitative estimate of drug-likeness (QED) is 0.797. The third-order valence-corrected chi connectivity index (χ3v) is 3.20. The lowest BCUT2D eigenvalue weighted by Gasteiger charge is -2.14. The summed E-state index contributed by atoms with van der Waals surface area (Å²) >= 11 is 0. The van der Waals surface area contributed by atoms with E-state index in [0.717, 1.165) is 11.1 Å². The molecule has 0 aromatic heterocycles. The molecule has 0 radical (unpaired) electrons. The van der Waals surface area contributed by atoms with Crippen molar-refractivity contribution in [1.82, 2.24) is 0 Å². The van der Waals surface area contributed by atoms with Gasteiger partial charge in [0.15, 0.2) is 17.6 Å². The van der Waals surface area contributed by atoms with Gasteiger partial charge in [0.2, 0.25) is 0 Å². The van der Waals surface area contributed by atoms with Crippen LogP contribution < -0.4 is 9.47 Å². The molecule has 1 N–H and O–H groups in total. The predicted molar refractivity (Wildman–Crippen MR) is 88.5 cm³/mol. The Bertz CT molecular complexity index is 683. The maximum Gasteiger partial charge on any atom is 0.344 e. The highest BCUT2D eigenvalue weighted by Crippen LogP contribution is 2.28. The van der Waals surface area contributed by atoms with Crippen molar-refractivity contribution in [2.45, 2.75) is 19.6 Å². The molecule has 0 amide bonds. The topological polar surface area (TPSA) is 68.1 Å². The first-order valence-electron chi connectivity index (χ1n) is 7.21. The summed E-state index contributed by atoms with van der Waals surface area (Å²) in [5.41, 5.74) is 1.99. The van der Waals surface area contributed by atoms with Crippen molar-refractivity contribution in [1.29, 1.82) is 0 Å². The summed E-state index contributed by atoms with van der Waals surface area (Å²) in [6.45, 7) is 2.06. The largest absolute Gasteiger partial charge is 0.493 e. The molecule has 1 atom stereocenters. The normalized spacial score (nSPS) is 12.1. The summed E-state index contributed by atoms with van der Waals surface area (Å²) in [5.74, 6) is -0.162. The lowest BCUT2D eigenvalue weighted by atomic mass is 10.2. The second-order valence-electron chi connectivity index (χ2n) is 4.96. The van der Waals surface area contributed by atoms with Gasteiger partial charge in [0.1, 0.15) is 0 Å². The minimum atomic E-state index is -1.03. The highest BCUT2D eigenvalue weighted by atomic mass is 16.5. The molecule has 5 nitrogen and oxygen atoms in total. The van der Waals surface area contributed by atoms with E-state index in [-0.39, 0.29) is 0 Å². The van der Waals surface area contributed by atoms with Gasteiger partial charge in [-0.15, -0.1) is 0 Å². The van der Waals surface area contributed by atoms with Gasteiger partial charge in [-0.25, -0.2) is 4.79 Å². The molecule has 23 heavy (non-hydrogen) atoms. The van der Waals surface area contributed by atoms with E-state index in [0.29, 0.717) is 18.0 Å². The van der Waals surface area contributed by atoms with Gasteiger partial charge < -0.3 is 14.6 Å². The second kappa shape index (κ2) is 7.98. The van der Waals surface area contributed by atoms with E-state index in [1.165, 1.54) is 14.0 Å². The van der Waals surface area contributed by atoms with Crippen LogP contribution in [-0.4, -0.2) is 30.5 Å². The van der Waals surface area contributed by atoms with Crippen LogP contribution in [-0.2, 0) is 11.3 Å². The standard InChI is InChI=1S/C18H19NO4/c1-13(18(20)21)23-16-9-8-15(10-17(16)22-2)12-19-11-14-6-4-3-5-7-14/h3-10,12-13H,11H2,1-2H3,(H,20,21)/t13-/m1/s1. The van der Waals surface area contributed by atoms with Crippen LogP contribution in [0.25, 0.3) is 0 Å². The van der Waals surface area contributed by atoms with Crippen molar-refractivity contribution in [2.24, 2.45) is 4.99 Å². The van der Waals surface area contributed by atoms with Crippen LogP contribution in [0.4, 0.5) is 0 Å². The molecule has 0 aliphatic rings. The Morgan fingerprint density at radius 3 is 2.61 bits per heavy atom. The van der Waals surface area contributed by atoms with Crippen molar-refractivity contribution in [3.8, 4) is 11.5 Å². The van der Waals surface area contributed by atoms with Gasteiger partial charge in [0.25, 0.3) is 0 Å². The van der Waals surface area contributed by atoms with Crippen LogP contribution in [0.2, 0.25) is 0 Å². The monoisotopic (exact) mass is 313 g/mol. The Kier molecular flexibility index (Phi) is 5.74. The molecule has 0 spiro atoms. The third kappa shape index (κ3) is 4.85. The summed E-state index contributed by atoms with van der Waals surface area (Å²) < 4.78 is 10.6. The highest BCUT2D eigenvalue weighted by Gasteiger charge is 2.15. The number of aliphatic carboxylic acids is 1. The number of aliphatic imine (C=N–C) groups is 1. The first-order chi connectivity index (χ1) is 11.1. The maximum absolute atomic E-state index is 10.9. The summed E-state index contributed by atoms with van der Waals surface area (Å²) in [4.78, 5) is 15.2. The minimum absolute atomic E-state index is 0.391. The molecule has 0 bridgehead atoms. The molecule has 0 fully saturated rings. The zero-order valence-electron chi connectivity index (χ0n) is 13.1. The summed E-state index contributed by atoms with van der Waals surface area (Å²) in [7, 11) is 1.51.